The SMILES string of the molecule is CCN(CCOC)c1ncc(CN)cn1. The Morgan fingerprint density at radius 2 is 2.07 bits per heavy atom. The minimum absolute atomic E-state index is 0.477. The maximum atomic E-state index is 5.48. The van der Waals surface area contributed by atoms with Gasteiger partial charge in [-0.1, -0.05) is 0 Å². The number of anilines is 1. The van der Waals surface area contributed by atoms with Crippen LogP contribution < -0.4 is 10.6 Å². The van der Waals surface area contributed by atoms with Gasteiger partial charge >= 0.3 is 0 Å². The van der Waals surface area contributed by atoms with E-state index in [1.165, 1.54) is 0 Å². The lowest BCUT2D eigenvalue weighted by atomic mass is 10.3. The Morgan fingerprint density at radius 3 is 2.53 bits per heavy atom. The van der Waals surface area contributed by atoms with Crippen LogP contribution in [0.15, 0.2) is 12.4 Å². The molecule has 0 saturated heterocycles. The highest BCUT2D eigenvalue weighted by atomic mass is 16.5. The number of likely N-dealkylation sites (N-methyl/N-ethyl adjacent to an activating group) is 1. The van der Waals surface area contributed by atoms with Crippen molar-refractivity contribution in [2.24, 2.45) is 5.73 Å². The molecule has 1 heterocycles. The largest absolute Gasteiger partial charge is 0.383 e. The first-order valence-corrected chi connectivity index (χ1v) is 5.06. The molecule has 5 nitrogen and oxygen atoms in total. The van der Waals surface area contributed by atoms with Gasteiger partial charge in [-0.3, -0.25) is 0 Å². The Bertz CT molecular complexity index is 275. The number of hydrogen-bond donors (Lipinski definition) is 1. The van der Waals surface area contributed by atoms with E-state index in [1.807, 2.05) is 0 Å². The van der Waals surface area contributed by atoms with Crippen molar-refractivity contribution in [2.75, 3.05) is 31.7 Å². The van der Waals surface area contributed by atoms with Crippen LogP contribution in [-0.4, -0.2) is 36.8 Å². The molecule has 0 unspecified atom stereocenters. The van der Waals surface area contributed by atoms with Crippen LogP contribution >= 0.6 is 0 Å². The van der Waals surface area contributed by atoms with Crippen molar-refractivity contribution in [1.82, 2.24) is 9.97 Å². The number of rotatable bonds is 6. The maximum absolute atomic E-state index is 5.48. The fourth-order valence-corrected chi connectivity index (χ4v) is 1.22. The Labute approximate surface area is 90.3 Å². The normalized spacial score (nSPS) is 10.3. The quantitative estimate of drug-likeness (QED) is 0.736. The molecule has 0 aromatic carbocycles. The van der Waals surface area contributed by atoms with Crippen LogP contribution in [0.1, 0.15) is 12.5 Å². The minimum atomic E-state index is 0.477. The number of hydrogen-bond acceptors (Lipinski definition) is 5. The van der Waals surface area contributed by atoms with E-state index in [0.717, 1.165) is 24.6 Å². The molecule has 0 atom stereocenters. The molecule has 15 heavy (non-hydrogen) atoms. The van der Waals surface area contributed by atoms with Crippen LogP contribution in [0.5, 0.6) is 0 Å². The van der Waals surface area contributed by atoms with Gasteiger partial charge < -0.3 is 15.4 Å². The molecule has 1 rings (SSSR count). The van der Waals surface area contributed by atoms with Crippen molar-refractivity contribution in [3.63, 3.8) is 0 Å². The molecule has 0 radical (unpaired) electrons. The second kappa shape index (κ2) is 6.31. The second-order valence-electron chi connectivity index (χ2n) is 3.17. The van der Waals surface area contributed by atoms with Crippen molar-refractivity contribution in [2.45, 2.75) is 13.5 Å². The number of ether oxygens (including phenoxy) is 1. The lowest BCUT2D eigenvalue weighted by molar-refractivity contribution is 0.205. The zero-order valence-corrected chi connectivity index (χ0v) is 9.31. The van der Waals surface area contributed by atoms with Crippen LogP contribution in [0, 0.1) is 0 Å². The Kier molecular flexibility index (Phi) is 5.00. The molecule has 0 bridgehead atoms. The van der Waals surface area contributed by atoms with Crippen LogP contribution in [0.2, 0.25) is 0 Å². The Hall–Kier alpha value is -1.20. The fourth-order valence-electron chi connectivity index (χ4n) is 1.22. The van der Waals surface area contributed by atoms with E-state index in [0.29, 0.717) is 13.2 Å². The van der Waals surface area contributed by atoms with Crippen molar-refractivity contribution < 1.29 is 4.74 Å². The molecule has 1 aromatic heterocycles. The molecule has 0 saturated carbocycles. The molecule has 84 valence electrons. The second-order valence-corrected chi connectivity index (χ2v) is 3.17. The van der Waals surface area contributed by atoms with Gasteiger partial charge in [0.15, 0.2) is 0 Å². The van der Waals surface area contributed by atoms with Crippen LogP contribution in [0.25, 0.3) is 0 Å². The zero-order valence-electron chi connectivity index (χ0n) is 9.31. The number of methoxy groups -OCH3 is 1. The van der Waals surface area contributed by atoms with Gasteiger partial charge in [-0.05, 0) is 6.92 Å². The molecule has 0 aliphatic carbocycles. The summed E-state index contributed by atoms with van der Waals surface area (Å²) >= 11 is 0. The van der Waals surface area contributed by atoms with Gasteiger partial charge in [-0.2, -0.15) is 0 Å². The Morgan fingerprint density at radius 1 is 1.40 bits per heavy atom. The topological polar surface area (TPSA) is 64.3 Å². The molecule has 0 fully saturated rings. The van der Waals surface area contributed by atoms with E-state index in [4.69, 9.17) is 10.5 Å². The summed E-state index contributed by atoms with van der Waals surface area (Å²) in [5, 5.41) is 0. The van der Waals surface area contributed by atoms with Crippen LogP contribution in [0.4, 0.5) is 5.95 Å². The molecule has 0 aliphatic heterocycles. The number of aromatic nitrogens is 2. The average molecular weight is 210 g/mol. The molecular weight excluding hydrogens is 192 g/mol. The first kappa shape index (κ1) is 11.9. The predicted octanol–water partition coefficient (Wildman–Crippen LogP) is 0.408. The summed E-state index contributed by atoms with van der Waals surface area (Å²) < 4.78 is 5.02. The van der Waals surface area contributed by atoms with Gasteiger partial charge in [0.25, 0.3) is 0 Å². The standard InChI is InChI=1S/C10H18N4O/c1-3-14(4-5-15-2)10-12-7-9(6-11)8-13-10/h7-8H,3-6,11H2,1-2H3. The van der Waals surface area contributed by atoms with Crippen molar-refractivity contribution in [1.29, 1.82) is 0 Å². The molecule has 0 amide bonds. The highest BCUT2D eigenvalue weighted by Gasteiger charge is 2.06. The summed E-state index contributed by atoms with van der Waals surface area (Å²) in [5.74, 6) is 0.728. The van der Waals surface area contributed by atoms with E-state index >= 15 is 0 Å². The highest BCUT2D eigenvalue weighted by molar-refractivity contribution is 5.29. The molecule has 0 spiro atoms. The lowest BCUT2D eigenvalue weighted by Gasteiger charge is -2.19. The summed E-state index contributed by atoms with van der Waals surface area (Å²) in [6.07, 6.45) is 3.52. The third-order valence-electron chi connectivity index (χ3n) is 2.16. The molecule has 2 N–H and O–H groups in total. The number of nitrogens with two attached hydrogens (primary N) is 1. The van der Waals surface area contributed by atoms with Gasteiger partial charge in [0.05, 0.1) is 6.61 Å². The van der Waals surface area contributed by atoms with Gasteiger partial charge in [0, 0.05) is 44.7 Å². The summed E-state index contributed by atoms with van der Waals surface area (Å²) in [6, 6.07) is 0. The molecular formula is C10H18N4O. The average Bonchev–Trinajstić information content (AvgIpc) is 2.31. The fraction of sp³-hybridized carbons (Fsp3) is 0.600. The molecule has 5 heteroatoms. The first-order valence-electron chi connectivity index (χ1n) is 5.06. The van der Waals surface area contributed by atoms with Crippen molar-refractivity contribution >= 4 is 5.95 Å². The summed E-state index contributed by atoms with van der Waals surface area (Å²) in [7, 11) is 1.69. The van der Waals surface area contributed by atoms with Crippen molar-refractivity contribution in [3.8, 4) is 0 Å². The van der Waals surface area contributed by atoms with Gasteiger partial charge in [-0.25, -0.2) is 9.97 Å². The summed E-state index contributed by atoms with van der Waals surface area (Å²) in [4.78, 5) is 10.6. The maximum Gasteiger partial charge on any atom is 0.225 e. The number of nitrogens with zero attached hydrogens (tertiary/aromatic N) is 3. The van der Waals surface area contributed by atoms with E-state index in [9.17, 15) is 0 Å². The summed E-state index contributed by atoms with van der Waals surface area (Å²) in [6.45, 7) is 4.89. The summed E-state index contributed by atoms with van der Waals surface area (Å²) in [5.41, 5.74) is 6.42. The minimum Gasteiger partial charge on any atom is -0.383 e. The molecule has 0 aliphatic rings. The lowest BCUT2D eigenvalue weighted by Crippen LogP contribution is -2.28. The third-order valence-corrected chi connectivity index (χ3v) is 2.16. The first-order chi connectivity index (χ1) is 7.31. The van der Waals surface area contributed by atoms with Crippen LogP contribution in [-0.2, 0) is 11.3 Å². The Balaban J connectivity index is 2.65. The highest BCUT2D eigenvalue weighted by Crippen LogP contribution is 2.06. The molecule has 1 aromatic rings. The third kappa shape index (κ3) is 3.45. The van der Waals surface area contributed by atoms with Gasteiger partial charge in [0.2, 0.25) is 5.95 Å². The van der Waals surface area contributed by atoms with E-state index in [1.54, 1.807) is 19.5 Å². The van der Waals surface area contributed by atoms with E-state index < -0.39 is 0 Å². The van der Waals surface area contributed by atoms with E-state index in [-0.39, 0.29) is 0 Å². The zero-order chi connectivity index (χ0) is 11.1. The van der Waals surface area contributed by atoms with Crippen molar-refractivity contribution in [3.05, 3.63) is 18.0 Å². The van der Waals surface area contributed by atoms with Gasteiger partial charge in [0.1, 0.15) is 0 Å². The van der Waals surface area contributed by atoms with Gasteiger partial charge in [-0.15, -0.1) is 0 Å². The van der Waals surface area contributed by atoms with Crippen LogP contribution in [0.3, 0.4) is 0 Å². The van der Waals surface area contributed by atoms with E-state index in [2.05, 4.69) is 21.8 Å². The predicted molar refractivity (Wildman–Crippen MR) is 59.7 cm³/mol. The smallest absolute Gasteiger partial charge is 0.225 e. The monoisotopic (exact) mass is 210 g/mol.